The van der Waals surface area contributed by atoms with Gasteiger partial charge in [0.05, 0.1) is 12.7 Å². The van der Waals surface area contributed by atoms with E-state index in [-0.39, 0.29) is 6.10 Å². The number of hydrogen-bond acceptors (Lipinski definition) is 3. The summed E-state index contributed by atoms with van der Waals surface area (Å²) in [4.78, 5) is 2.89. The van der Waals surface area contributed by atoms with Crippen molar-refractivity contribution in [2.75, 3.05) is 13.2 Å². The van der Waals surface area contributed by atoms with Crippen LogP contribution in [-0.2, 0) is 11.3 Å². The first kappa shape index (κ1) is 13.5. The highest BCUT2D eigenvalue weighted by Gasteiger charge is 2.24. The van der Waals surface area contributed by atoms with Gasteiger partial charge >= 0.3 is 0 Å². The fourth-order valence-corrected chi connectivity index (χ4v) is 2.51. The fourth-order valence-electron chi connectivity index (χ4n) is 2.31. The lowest BCUT2D eigenvalue weighted by molar-refractivity contribution is -0.0526. The maximum absolute atomic E-state index is 5.77. The van der Waals surface area contributed by atoms with Gasteiger partial charge in [0.2, 0.25) is 0 Å². The van der Waals surface area contributed by atoms with Crippen LogP contribution in [0.1, 0.15) is 25.0 Å². The van der Waals surface area contributed by atoms with Crippen LogP contribution in [0, 0.1) is 0 Å². The zero-order valence-electron chi connectivity index (χ0n) is 10.9. The molecular weight excluding hydrogens is 244 g/mol. The number of thiocarbonyl (C=S) groups is 1. The van der Waals surface area contributed by atoms with Crippen molar-refractivity contribution in [3.8, 4) is 0 Å². The minimum absolute atomic E-state index is 0.290. The summed E-state index contributed by atoms with van der Waals surface area (Å²) >= 11 is 5.10. The second kappa shape index (κ2) is 5.78. The van der Waals surface area contributed by atoms with Crippen LogP contribution in [0.5, 0.6) is 0 Å². The van der Waals surface area contributed by atoms with Crippen LogP contribution in [0.3, 0.4) is 0 Å². The summed E-state index contributed by atoms with van der Waals surface area (Å²) in [6.45, 7) is 6.92. The zero-order chi connectivity index (χ0) is 13.1. The SMILES string of the molecule is CC1CN(Cc2ccccc2C(N)=S)C(C)CO1. The Hall–Kier alpha value is -0.970. The second-order valence-corrected chi connectivity index (χ2v) is 5.38. The molecule has 0 aliphatic carbocycles. The van der Waals surface area contributed by atoms with E-state index in [2.05, 4.69) is 24.8 Å². The lowest BCUT2D eigenvalue weighted by Crippen LogP contribution is -2.46. The molecule has 1 aromatic carbocycles. The maximum atomic E-state index is 5.77. The Kier molecular flexibility index (Phi) is 4.32. The molecule has 1 aliphatic rings. The quantitative estimate of drug-likeness (QED) is 0.847. The number of nitrogens with zero attached hydrogens (tertiary/aromatic N) is 1. The molecule has 0 radical (unpaired) electrons. The molecular formula is C14H20N2OS. The molecule has 2 unspecified atom stereocenters. The Morgan fingerprint density at radius 1 is 1.44 bits per heavy atom. The standard InChI is InChI=1S/C14H20N2OS/c1-10-9-17-11(2)7-16(10)8-12-5-3-4-6-13(12)14(15)18/h3-6,10-11H,7-9H2,1-2H3,(H2,15,18). The van der Waals surface area contributed by atoms with Crippen LogP contribution in [0.15, 0.2) is 24.3 Å². The van der Waals surface area contributed by atoms with Crippen LogP contribution in [0.4, 0.5) is 0 Å². The van der Waals surface area contributed by atoms with Gasteiger partial charge in [-0.3, -0.25) is 4.90 Å². The van der Waals surface area contributed by atoms with Crippen molar-refractivity contribution in [2.45, 2.75) is 32.5 Å². The molecule has 2 N–H and O–H groups in total. The van der Waals surface area contributed by atoms with Gasteiger partial charge in [-0.15, -0.1) is 0 Å². The lowest BCUT2D eigenvalue weighted by Gasteiger charge is -2.37. The summed E-state index contributed by atoms with van der Waals surface area (Å²) < 4.78 is 5.64. The van der Waals surface area contributed by atoms with Crippen molar-refractivity contribution < 1.29 is 4.74 Å². The monoisotopic (exact) mass is 264 g/mol. The normalized spacial score (nSPS) is 25.0. The van der Waals surface area contributed by atoms with Crippen molar-refractivity contribution in [3.05, 3.63) is 35.4 Å². The molecule has 0 amide bonds. The summed E-state index contributed by atoms with van der Waals surface area (Å²) in [5.74, 6) is 0. The lowest BCUT2D eigenvalue weighted by atomic mass is 10.1. The van der Waals surface area contributed by atoms with Crippen molar-refractivity contribution in [1.29, 1.82) is 0 Å². The Morgan fingerprint density at radius 2 is 2.17 bits per heavy atom. The van der Waals surface area contributed by atoms with Gasteiger partial charge in [-0.05, 0) is 19.4 Å². The number of ether oxygens (including phenoxy) is 1. The van der Waals surface area contributed by atoms with Gasteiger partial charge in [-0.2, -0.15) is 0 Å². The molecule has 0 bridgehead atoms. The largest absolute Gasteiger partial charge is 0.389 e. The second-order valence-electron chi connectivity index (χ2n) is 4.94. The topological polar surface area (TPSA) is 38.5 Å². The fraction of sp³-hybridized carbons (Fsp3) is 0.500. The molecule has 0 saturated carbocycles. The van der Waals surface area contributed by atoms with E-state index in [1.165, 1.54) is 5.56 Å². The van der Waals surface area contributed by atoms with E-state index in [9.17, 15) is 0 Å². The Bertz CT molecular complexity index is 436. The first-order valence-electron chi connectivity index (χ1n) is 6.31. The number of nitrogens with two attached hydrogens (primary N) is 1. The van der Waals surface area contributed by atoms with Crippen LogP contribution in [0.2, 0.25) is 0 Å². The van der Waals surface area contributed by atoms with Crippen LogP contribution < -0.4 is 5.73 Å². The van der Waals surface area contributed by atoms with Crippen LogP contribution in [-0.4, -0.2) is 35.2 Å². The molecule has 1 saturated heterocycles. The zero-order valence-corrected chi connectivity index (χ0v) is 11.7. The Labute approximate surface area is 114 Å². The Balaban J connectivity index is 2.15. The molecule has 1 heterocycles. The van der Waals surface area contributed by atoms with Gasteiger partial charge in [0.15, 0.2) is 0 Å². The van der Waals surface area contributed by atoms with Gasteiger partial charge < -0.3 is 10.5 Å². The summed E-state index contributed by atoms with van der Waals surface area (Å²) in [6.07, 6.45) is 0.290. The first-order chi connectivity index (χ1) is 8.58. The maximum Gasteiger partial charge on any atom is 0.104 e. The van der Waals surface area contributed by atoms with Crippen molar-refractivity contribution in [1.82, 2.24) is 4.90 Å². The highest BCUT2D eigenvalue weighted by molar-refractivity contribution is 7.80. The van der Waals surface area contributed by atoms with Crippen molar-refractivity contribution in [2.24, 2.45) is 5.73 Å². The smallest absolute Gasteiger partial charge is 0.104 e. The molecule has 2 atom stereocenters. The minimum Gasteiger partial charge on any atom is -0.389 e. The van der Waals surface area contributed by atoms with Crippen LogP contribution >= 0.6 is 12.2 Å². The van der Waals surface area contributed by atoms with E-state index in [0.717, 1.165) is 25.3 Å². The van der Waals surface area contributed by atoms with Gasteiger partial charge in [0.1, 0.15) is 4.99 Å². The number of morpholine rings is 1. The molecule has 18 heavy (non-hydrogen) atoms. The molecule has 0 aromatic heterocycles. The van der Waals surface area contributed by atoms with Crippen molar-refractivity contribution in [3.63, 3.8) is 0 Å². The van der Waals surface area contributed by atoms with Gasteiger partial charge in [-0.1, -0.05) is 36.5 Å². The number of benzene rings is 1. The third-order valence-corrected chi connectivity index (χ3v) is 3.61. The van der Waals surface area contributed by atoms with Gasteiger partial charge in [0.25, 0.3) is 0 Å². The van der Waals surface area contributed by atoms with E-state index in [1.54, 1.807) is 0 Å². The first-order valence-corrected chi connectivity index (χ1v) is 6.72. The molecule has 2 rings (SSSR count). The molecule has 1 aromatic rings. The predicted molar refractivity (Wildman–Crippen MR) is 77.6 cm³/mol. The minimum atomic E-state index is 0.290. The predicted octanol–water partition coefficient (Wildman–Crippen LogP) is 1.93. The molecule has 0 spiro atoms. The van der Waals surface area contributed by atoms with Gasteiger partial charge in [-0.25, -0.2) is 0 Å². The third kappa shape index (κ3) is 3.07. The van der Waals surface area contributed by atoms with Crippen molar-refractivity contribution >= 4 is 17.2 Å². The van der Waals surface area contributed by atoms with Crippen LogP contribution in [0.25, 0.3) is 0 Å². The average Bonchev–Trinajstić information content (AvgIpc) is 2.34. The van der Waals surface area contributed by atoms with Gasteiger partial charge in [0, 0.05) is 24.7 Å². The van der Waals surface area contributed by atoms with E-state index < -0.39 is 0 Å². The van der Waals surface area contributed by atoms with E-state index >= 15 is 0 Å². The number of rotatable bonds is 3. The number of hydrogen-bond donors (Lipinski definition) is 1. The highest BCUT2D eigenvalue weighted by Crippen LogP contribution is 2.17. The molecule has 1 fully saturated rings. The molecule has 1 aliphatic heterocycles. The van der Waals surface area contributed by atoms with E-state index in [1.807, 2.05) is 18.2 Å². The third-order valence-electron chi connectivity index (χ3n) is 3.39. The Morgan fingerprint density at radius 3 is 2.89 bits per heavy atom. The van der Waals surface area contributed by atoms with E-state index in [0.29, 0.717) is 11.0 Å². The summed E-state index contributed by atoms with van der Waals surface area (Å²) in [5.41, 5.74) is 7.95. The summed E-state index contributed by atoms with van der Waals surface area (Å²) in [7, 11) is 0. The molecule has 98 valence electrons. The molecule has 4 heteroatoms. The molecule has 3 nitrogen and oxygen atoms in total. The summed E-state index contributed by atoms with van der Waals surface area (Å²) in [5, 5.41) is 0. The summed E-state index contributed by atoms with van der Waals surface area (Å²) in [6, 6.07) is 8.53. The van der Waals surface area contributed by atoms with E-state index in [4.69, 9.17) is 22.7 Å². The highest BCUT2D eigenvalue weighted by atomic mass is 32.1. The average molecular weight is 264 g/mol.